The summed E-state index contributed by atoms with van der Waals surface area (Å²) in [6.45, 7) is 1.21. The minimum absolute atomic E-state index is 0.0986. The number of carbonyl (C=O) groups excluding carboxylic acids is 1. The molecule has 0 N–H and O–H groups in total. The summed E-state index contributed by atoms with van der Waals surface area (Å²) >= 11 is 1.54. The molecule has 0 atom stereocenters. The molecule has 9 heteroatoms. The number of nitrogens with zero attached hydrogens (tertiary/aromatic N) is 6. The lowest BCUT2D eigenvalue weighted by Gasteiger charge is -2.28. The van der Waals surface area contributed by atoms with E-state index in [9.17, 15) is 4.79 Å². The summed E-state index contributed by atoms with van der Waals surface area (Å²) in [4.78, 5) is 14.9. The number of benzene rings is 1. The highest BCUT2D eigenvalue weighted by atomic mass is 32.2. The number of carbonyl (C=O) groups is 1. The molecule has 0 saturated heterocycles. The van der Waals surface area contributed by atoms with E-state index in [1.807, 2.05) is 58.8 Å². The van der Waals surface area contributed by atoms with Gasteiger partial charge in [-0.2, -0.15) is 5.10 Å². The number of aromatic nitrogens is 5. The molecule has 29 heavy (non-hydrogen) atoms. The van der Waals surface area contributed by atoms with Crippen molar-refractivity contribution in [1.82, 2.24) is 29.4 Å². The molecule has 0 fully saturated rings. The van der Waals surface area contributed by atoms with Gasteiger partial charge in [0, 0.05) is 44.9 Å². The van der Waals surface area contributed by atoms with Crippen LogP contribution in [0.2, 0.25) is 0 Å². The van der Waals surface area contributed by atoms with Crippen LogP contribution in [0.5, 0.6) is 5.75 Å². The van der Waals surface area contributed by atoms with Crippen molar-refractivity contribution in [3.8, 4) is 17.3 Å². The number of hydrogen-bond donors (Lipinski definition) is 0. The van der Waals surface area contributed by atoms with Gasteiger partial charge >= 0.3 is 0 Å². The van der Waals surface area contributed by atoms with E-state index in [4.69, 9.17) is 9.84 Å². The molecule has 1 aromatic carbocycles. The minimum Gasteiger partial charge on any atom is -0.497 e. The number of methoxy groups -OCH3 is 1. The lowest BCUT2D eigenvalue weighted by atomic mass is 10.0. The number of rotatable bonds is 5. The predicted molar refractivity (Wildman–Crippen MR) is 111 cm³/mol. The van der Waals surface area contributed by atoms with E-state index >= 15 is 0 Å². The summed E-state index contributed by atoms with van der Waals surface area (Å²) < 4.78 is 9.12. The smallest absolute Gasteiger partial charge is 0.227 e. The molecule has 0 radical (unpaired) electrons. The van der Waals surface area contributed by atoms with E-state index in [1.54, 1.807) is 18.9 Å². The summed E-state index contributed by atoms with van der Waals surface area (Å²) in [5.74, 6) is 1.59. The average molecular weight is 413 g/mol. The highest BCUT2D eigenvalue weighted by Gasteiger charge is 2.29. The van der Waals surface area contributed by atoms with Crippen molar-refractivity contribution >= 4 is 17.7 Å². The van der Waals surface area contributed by atoms with E-state index < -0.39 is 0 Å². The first-order valence-corrected chi connectivity index (χ1v) is 10.6. The first kappa shape index (κ1) is 19.5. The Bertz CT molecular complexity index is 1060. The van der Waals surface area contributed by atoms with Gasteiger partial charge in [-0.05, 0) is 24.0 Å². The Morgan fingerprint density at radius 1 is 1.28 bits per heavy atom. The normalized spacial score (nSPS) is 13.4. The average Bonchev–Trinajstić information content (AvgIpc) is 3.27. The molecule has 1 aliphatic heterocycles. The monoisotopic (exact) mass is 412 g/mol. The zero-order valence-electron chi connectivity index (χ0n) is 17.0. The molecule has 1 aliphatic rings. The molecule has 2 aromatic heterocycles. The van der Waals surface area contributed by atoms with Gasteiger partial charge in [0.05, 0.1) is 13.5 Å². The molecule has 3 aromatic rings. The van der Waals surface area contributed by atoms with Crippen LogP contribution in [0.15, 0.2) is 29.4 Å². The maximum Gasteiger partial charge on any atom is 0.227 e. The van der Waals surface area contributed by atoms with Crippen LogP contribution in [-0.4, -0.2) is 55.3 Å². The Hall–Kier alpha value is -2.81. The number of thioether (sulfide) groups is 1. The largest absolute Gasteiger partial charge is 0.497 e. The van der Waals surface area contributed by atoms with E-state index in [0.29, 0.717) is 19.5 Å². The molecular weight excluding hydrogens is 388 g/mol. The van der Waals surface area contributed by atoms with Crippen LogP contribution in [0, 0.1) is 0 Å². The molecule has 0 bridgehead atoms. The number of hydrogen-bond acceptors (Lipinski definition) is 6. The van der Waals surface area contributed by atoms with Crippen LogP contribution in [0.4, 0.5) is 0 Å². The van der Waals surface area contributed by atoms with Gasteiger partial charge in [-0.3, -0.25) is 9.48 Å². The van der Waals surface area contributed by atoms with Crippen LogP contribution in [0.25, 0.3) is 11.5 Å². The Labute approximate surface area is 173 Å². The molecule has 1 amide bonds. The zero-order valence-corrected chi connectivity index (χ0v) is 17.9. The van der Waals surface area contributed by atoms with Gasteiger partial charge in [-0.1, -0.05) is 23.9 Å². The van der Waals surface area contributed by atoms with E-state index in [-0.39, 0.29) is 5.91 Å². The van der Waals surface area contributed by atoms with E-state index in [2.05, 4.69) is 10.2 Å². The molecule has 8 nitrogen and oxygen atoms in total. The van der Waals surface area contributed by atoms with Gasteiger partial charge in [-0.25, -0.2) is 0 Å². The van der Waals surface area contributed by atoms with E-state index in [1.165, 1.54) is 0 Å². The van der Waals surface area contributed by atoms with Crippen molar-refractivity contribution in [3.63, 3.8) is 0 Å². The van der Waals surface area contributed by atoms with Crippen molar-refractivity contribution in [2.45, 2.75) is 24.5 Å². The van der Waals surface area contributed by atoms with Crippen LogP contribution in [0.3, 0.4) is 0 Å². The second-order valence-corrected chi connectivity index (χ2v) is 7.83. The van der Waals surface area contributed by atoms with Crippen molar-refractivity contribution in [3.05, 3.63) is 41.1 Å². The fourth-order valence-electron chi connectivity index (χ4n) is 3.75. The van der Waals surface area contributed by atoms with Crippen LogP contribution in [0.1, 0.15) is 16.8 Å². The molecule has 0 unspecified atom stereocenters. The molecule has 152 valence electrons. The summed E-state index contributed by atoms with van der Waals surface area (Å²) in [6, 6.07) is 7.65. The van der Waals surface area contributed by atoms with Gasteiger partial charge < -0.3 is 14.2 Å². The summed E-state index contributed by atoms with van der Waals surface area (Å²) in [5, 5.41) is 14.1. The van der Waals surface area contributed by atoms with Crippen LogP contribution < -0.4 is 4.74 Å². The number of amides is 1. The second-order valence-electron chi connectivity index (χ2n) is 7.06. The van der Waals surface area contributed by atoms with Gasteiger partial charge in [0.15, 0.2) is 11.0 Å². The van der Waals surface area contributed by atoms with Crippen LogP contribution >= 0.6 is 11.8 Å². The molecule has 0 saturated carbocycles. The highest BCUT2D eigenvalue weighted by Crippen LogP contribution is 2.30. The van der Waals surface area contributed by atoms with Crippen molar-refractivity contribution in [1.29, 1.82) is 0 Å². The Balaban J connectivity index is 1.59. The number of ether oxygens (including phenoxy) is 1. The molecule has 4 rings (SSSR count). The highest BCUT2D eigenvalue weighted by molar-refractivity contribution is 7.98. The summed E-state index contributed by atoms with van der Waals surface area (Å²) in [7, 11) is 5.52. The Morgan fingerprint density at radius 2 is 2.10 bits per heavy atom. The minimum atomic E-state index is 0.0986. The topological polar surface area (TPSA) is 78.1 Å². The van der Waals surface area contributed by atoms with Crippen molar-refractivity contribution in [2.24, 2.45) is 14.1 Å². The zero-order chi connectivity index (χ0) is 20.5. The van der Waals surface area contributed by atoms with Crippen molar-refractivity contribution < 1.29 is 9.53 Å². The fraction of sp³-hybridized carbons (Fsp3) is 0.400. The third-order valence-electron chi connectivity index (χ3n) is 5.31. The number of fused-ring (bicyclic) bond motifs is 1. The summed E-state index contributed by atoms with van der Waals surface area (Å²) in [5.41, 5.74) is 3.96. The molecule has 3 heterocycles. The Morgan fingerprint density at radius 3 is 2.83 bits per heavy atom. The maximum atomic E-state index is 13.0. The second kappa shape index (κ2) is 7.90. The van der Waals surface area contributed by atoms with Gasteiger partial charge in [0.25, 0.3) is 0 Å². The lowest BCUT2D eigenvalue weighted by Crippen LogP contribution is -2.37. The van der Waals surface area contributed by atoms with Gasteiger partial charge in [-0.15, -0.1) is 10.2 Å². The van der Waals surface area contributed by atoms with Crippen molar-refractivity contribution in [2.75, 3.05) is 19.9 Å². The maximum absolute atomic E-state index is 13.0. The first-order valence-electron chi connectivity index (χ1n) is 9.41. The summed E-state index contributed by atoms with van der Waals surface area (Å²) in [6.07, 6.45) is 3.10. The third-order valence-corrected chi connectivity index (χ3v) is 6.03. The molecule has 0 aliphatic carbocycles. The van der Waals surface area contributed by atoms with E-state index in [0.717, 1.165) is 45.7 Å². The first-order chi connectivity index (χ1) is 14.0. The van der Waals surface area contributed by atoms with Gasteiger partial charge in [0.2, 0.25) is 5.91 Å². The predicted octanol–water partition coefficient (Wildman–Crippen LogP) is 2.07. The Kier molecular flexibility index (Phi) is 5.31. The number of aryl methyl sites for hydroxylation is 1. The fourth-order valence-corrected chi connectivity index (χ4v) is 4.24. The quantitative estimate of drug-likeness (QED) is 0.597. The molecular formula is C20H24N6O2S. The lowest BCUT2D eigenvalue weighted by molar-refractivity contribution is -0.131. The standard InChI is InChI=1S/C20H24N6O2S/c1-24-19(21-22-20(24)29-4)18-15-12-26(9-8-16(15)25(2)23-18)17(27)11-13-6-5-7-14(10-13)28-3/h5-7,10H,8-9,11-12H2,1-4H3. The van der Waals surface area contributed by atoms with Crippen LogP contribution in [-0.2, 0) is 38.3 Å². The van der Waals surface area contributed by atoms with Gasteiger partial charge in [0.1, 0.15) is 11.4 Å². The molecule has 0 spiro atoms. The SMILES string of the molecule is COc1cccc(CC(=O)N2CCc3c(c(-c4nnc(SC)n4C)nn3C)C2)c1. The third kappa shape index (κ3) is 3.62.